The number of hydrogen-bond donors (Lipinski definition) is 2. The van der Waals surface area contributed by atoms with Crippen molar-refractivity contribution in [1.29, 1.82) is 0 Å². The Labute approximate surface area is 147 Å². The number of nitrogens with one attached hydrogen (secondary N) is 2. The number of benzene rings is 1. The molecule has 0 saturated heterocycles. The Morgan fingerprint density at radius 2 is 2.00 bits per heavy atom. The van der Waals surface area contributed by atoms with Crippen molar-refractivity contribution in [3.63, 3.8) is 0 Å². The first-order valence-corrected chi connectivity index (χ1v) is 9.08. The van der Waals surface area contributed by atoms with Gasteiger partial charge in [0.25, 0.3) is 0 Å². The topological polar surface area (TPSA) is 55.4 Å². The molecule has 1 unspecified atom stereocenters. The molecule has 0 fully saturated rings. The Balaban J connectivity index is 0.00000100. The number of fused-ring (bicyclic) bond motifs is 1. The largest absolute Gasteiger partial charge is 0.497 e. The van der Waals surface area contributed by atoms with E-state index in [-0.39, 0.29) is 5.50 Å². The van der Waals surface area contributed by atoms with E-state index in [2.05, 4.69) is 27.9 Å². The minimum atomic E-state index is 0.189. The van der Waals surface area contributed by atoms with Crippen LogP contribution >= 0.6 is 11.8 Å². The fourth-order valence-corrected chi connectivity index (χ4v) is 3.31. The lowest BCUT2D eigenvalue weighted by molar-refractivity contribution is 0.402. The van der Waals surface area contributed by atoms with E-state index in [9.17, 15) is 0 Å². The monoisotopic (exact) mass is 347 g/mol. The first-order valence-electron chi connectivity index (χ1n) is 8.14. The number of rotatable bonds is 5. The third kappa shape index (κ3) is 3.94. The van der Waals surface area contributed by atoms with Crippen molar-refractivity contribution in [2.24, 2.45) is 0 Å². The van der Waals surface area contributed by atoms with E-state index in [0.717, 1.165) is 34.5 Å². The molecule has 0 spiro atoms. The summed E-state index contributed by atoms with van der Waals surface area (Å²) < 4.78 is 10.8. The van der Waals surface area contributed by atoms with Gasteiger partial charge in [0, 0.05) is 5.39 Å². The molecule has 1 aliphatic heterocycles. The van der Waals surface area contributed by atoms with Crippen molar-refractivity contribution < 1.29 is 9.47 Å². The number of nitrogens with zero attached hydrogens (tertiary/aromatic N) is 1. The molecule has 1 aromatic heterocycles. The summed E-state index contributed by atoms with van der Waals surface area (Å²) >= 11 is 1.71. The normalized spacial score (nSPS) is 16.0. The Kier molecular flexibility index (Phi) is 6.75. The number of aromatic nitrogens is 1. The van der Waals surface area contributed by atoms with Gasteiger partial charge < -0.3 is 14.8 Å². The van der Waals surface area contributed by atoms with Crippen LogP contribution in [0.25, 0.3) is 16.5 Å². The highest BCUT2D eigenvalue weighted by Crippen LogP contribution is 2.32. The van der Waals surface area contributed by atoms with Gasteiger partial charge in [-0.15, -0.1) is 0 Å². The van der Waals surface area contributed by atoms with Gasteiger partial charge in [0.15, 0.2) is 0 Å². The molecule has 2 aromatic rings. The summed E-state index contributed by atoms with van der Waals surface area (Å²) in [4.78, 5) is 4.62. The SMILES string of the molecule is CC.CCNC1NC(c2cc3cc(OC)ccc3c(OC)n2)=CS1. The molecule has 3 rings (SSSR count). The van der Waals surface area contributed by atoms with E-state index >= 15 is 0 Å². The zero-order valence-corrected chi connectivity index (χ0v) is 15.7. The first-order chi connectivity index (χ1) is 11.7. The van der Waals surface area contributed by atoms with Gasteiger partial charge in [-0.25, -0.2) is 4.98 Å². The maximum Gasteiger partial charge on any atom is 0.221 e. The van der Waals surface area contributed by atoms with Gasteiger partial charge in [-0.1, -0.05) is 32.5 Å². The summed E-state index contributed by atoms with van der Waals surface area (Å²) in [6.07, 6.45) is 0. The molecule has 1 aliphatic rings. The van der Waals surface area contributed by atoms with Crippen LogP contribution in [0.3, 0.4) is 0 Å². The second kappa shape index (κ2) is 8.80. The highest BCUT2D eigenvalue weighted by molar-refractivity contribution is 8.03. The second-order valence-corrected chi connectivity index (χ2v) is 5.83. The van der Waals surface area contributed by atoms with Crippen LogP contribution in [0.4, 0.5) is 0 Å². The molecule has 0 amide bonds. The van der Waals surface area contributed by atoms with Crippen LogP contribution in [0.2, 0.25) is 0 Å². The zero-order valence-electron chi connectivity index (χ0n) is 14.8. The van der Waals surface area contributed by atoms with Gasteiger partial charge in [0.1, 0.15) is 11.2 Å². The number of thioether (sulfide) groups is 1. The lowest BCUT2D eigenvalue weighted by Gasteiger charge is -2.14. The predicted molar refractivity (Wildman–Crippen MR) is 102 cm³/mol. The molecule has 2 heterocycles. The number of ether oxygens (including phenoxy) is 2. The smallest absolute Gasteiger partial charge is 0.221 e. The Morgan fingerprint density at radius 1 is 1.21 bits per heavy atom. The van der Waals surface area contributed by atoms with E-state index in [1.807, 2.05) is 38.1 Å². The fourth-order valence-electron chi connectivity index (χ4n) is 2.39. The Hall–Kier alpha value is -1.92. The summed E-state index contributed by atoms with van der Waals surface area (Å²) in [5.74, 6) is 1.44. The molecule has 24 heavy (non-hydrogen) atoms. The third-order valence-corrected chi connectivity index (χ3v) is 4.40. The van der Waals surface area contributed by atoms with Crippen LogP contribution in [-0.2, 0) is 0 Å². The average Bonchev–Trinajstić information content (AvgIpc) is 3.11. The molecule has 2 N–H and O–H groups in total. The average molecular weight is 347 g/mol. The number of hydrogen-bond acceptors (Lipinski definition) is 6. The quantitative estimate of drug-likeness (QED) is 0.858. The maximum atomic E-state index is 5.45. The molecule has 130 valence electrons. The van der Waals surface area contributed by atoms with Crippen LogP contribution in [0.15, 0.2) is 29.7 Å². The molecule has 0 radical (unpaired) electrons. The van der Waals surface area contributed by atoms with Crippen molar-refractivity contribution in [2.45, 2.75) is 26.3 Å². The highest BCUT2D eigenvalue weighted by Gasteiger charge is 2.19. The van der Waals surface area contributed by atoms with Gasteiger partial charge in [-0.2, -0.15) is 0 Å². The third-order valence-electron chi connectivity index (χ3n) is 3.47. The van der Waals surface area contributed by atoms with Crippen LogP contribution in [0, 0.1) is 0 Å². The standard InChI is InChI=1S/C16H19N3O2S.C2H6/c1-4-17-16-19-14(9-22-16)13-8-10-7-11(20-2)5-6-12(10)15(18-13)21-3;1-2/h5-9,16-17,19H,4H2,1-3H3;1-2H3. The molecule has 1 atom stereocenters. The first kappa shape index (κ1) is 18.4. The lowest BCUT2D eigenvalue weighted by Crippen LogP contribution is -2.35. The van der Waals surface area contributed by atoms with Crippen molar-refractivity contribution in [3.8, 4) is 11.6 Å². The zero-order chi connectivity index (χ0) is 17.5. The second-order valence-electron chi connectivity index (χ2n) is 4.85. The summed E-state index contributed by atoms with van der Waals surface area (Å²) in [7, 11) is 3.31. The van der Waals surface area contributed by atoms with Crippen LogP contribution in [0.5, 0.6) is 11.6 Å². The molecule has 0 bridgehead atoms. The van der Waals surface area contributed by atoms with Crippen LogP contribution in [0.1, 0.15) is 26.5 Å². The number of pyridine rings is 1. The van der Waals surface area contributed by atoms with E-state index in [0.29, 0.717) is 5.88 Å². The Bertz CT molecular complexity index is 719. The van der Waals surface area contributed by atoms with Crippen LogP contribution < -0.4 is 20.1 Å². The van der Waals surface area contributed by atoms with E-state index < -0.39 is 0 Å². The highest BCUT2D eigenvalue weighted by atomic mass is 32.2. The van der Waals surface area contributed by atoms with Gasteiger partial charge in [-0.05, 0) is 41.6 Å². The van der Waals surface area contributed by atoms with Crippen molar-refractivity contribution in [3.05, 3.63) is 35.4 Å². The van der Waals surface area contributed by atoms with E-state index in [4.69, 9.17) is 9.47 Å². The molecular weight excluding hydrogens is 322 g/mol. The predicted octanol–water partition coefficient (Wildman–Crippen LogP) is 3.81. The summed E-state index contributed by atoms with van der Waals surface area (Å²) in [5, 5.41) is 10.9. The van der Waals surface area contributed by atoms with Gasteiger partial charge in [0.05, 0.1) is 25.6 Å². The van der Waals surface area contributed by atoms with Gasteiger partial charge in [0.2, 0.25) is 5.88 Å². The molecule has 5 nitrogen and oxygen atoms in total. The van der Waals surface area contributed by atoms with Crippen LogP contribution in [-0.4, -0.2) is 31.2 Å². The van der Waals surface area contributed by atoms with Gasteiger partial charge >= 0.3 is 0 Å². The van der Waals surface area contributed by atoms with E-state index in [1.54, 1.807) is 26.0 Å². The summed E-state index contributed by atoms with van der Waals surface area (Å²) in [6, 6.07) is 7.92. The summed E-state index contributed by atoms with van der Waals surface area (Å²) in [5.41, 5.74) is 2.05. The number of methoxy groups -OCH3 is 2. The van der Waals surface area contributed by atoms with E-state index in [1.165, 1.54) is 0 Å². The molecule has 1 aromatic carbocycles. The van der Waals surface area contributed by atoms with Crippen molar-refractivity contribution in [2.75, 3.05) is 20.8 Å². The molecule has 0 aliphatic carbocycles. The molecular formula is C18H25N3O2S. The van der Waals surface area contributed by atoms with Crippen molar-refractivity contribution in [1.82, 2.24) is 15.6 Å². The molecule has 0 saturated carbocycles. The van der Waals surface area contributed by atoms with Gasteiger partial charge in [-0.3, -0.25) is 5.32 Å². The maximum absolute atomic E-state index is 5.45. The minimum Gasteiger partial charge on any atom is -0.497 e. The lowest BCUT2D eigenvalue weighted by atomic mass is 10.1. The molecule has 6 heteroatoms. The Morgan fingerprint density at radius 3 is 2.67 bits per heavy atom. The van der Waals surface area contributed by atoms with Crippen molar-refractivity contribution >= 4 is 28.2 Å². The summed E-state index contributed by atoms with van der Waals surface area (Å²) in [6.45, 7) is 7.00. The fraction of sp³-hybridized carbons (Fsp3) is 0.389. The minimum absolute atomic E-state index is 0.189.